The summed E-state index contributed by atoms with van der Waals surface area (Å²) < 4.78 is 33.6. The number of hydrogen-bond donors (Lipinski definition) is 2. The van der Waals surface area contributed by atoms with E-state index >= 15 is 0 Å². The average molecular weight is 435 g/mol. The van der Waals surface area contributed by atoms with Gasteiger partial charge in [-0.2, -0.15) is 0 Å². The summed E-state index contributed by atoms with van der Waals surface area (Å²) in [5.74, 6) is -0.0628. The van der Waals surface area contributed by atoms with Crippen molar-refractivity contribution in [2.24, 2.45) is 0 Å². The number of hydrogen-bond acceptors (Lipinski definition) is 5. The number of carbonyl (C=O) groups is 1. The highest BCUT2D eigenvalue weighted by Gasteiger charge is 2.16. The van der Waals surface area contributed by atoms with E-state index in [2.05, 4.69) is 15.0 Å². The highest BCUT2D eigenvalue weighted by molar-refractivity contribution is 7.83. The fraction of sp³-hybridized carbons (Fsp3) is 0.158. The number of thiazole rings is 1. The lowest BCUT2D eigenvalue weighted by Gasteiger charge is -2.18. The lowest BCUT2D eigenvalue weighted by Crippen LogP contribution is -2.31. The Balaban J connectivity index is 1.69. The van der Waals surface area contributed by atoms with E-state index in [0.717, 1.165) is 16.9 Å². The topological polar surface area (TPSA) is 83.6 Å². The minimum Gasteiger partial charge on any atom is -0.445 e. The van der Waals surface area contributed by atoms with E-state index < -0.39 is 22.8 Å². The molecule has 0 saturated heterocycles. The molecule has 1 heterocycles. The second-order valence-corrected chi connectivity index (χ2v) is 8.33. The molecule has 1 unspecified atom stereocenters. The van der Waals surface area contributed by atoms with E-state index in [-0.39, 0.29) is 0 Å². The summed E-state index contributed by atoms with van der Waals surface area (Å²) in [5, 5.41) is 3.43. The molecule has 0 radical (unpaired) electrons. The first-order chi connectivity index (χ1) is 13.9. The Kier molecular flexibility index (Phi) is 6.57. The molecule has 0 fully saturated rings. The molecular weight excluding hydrogens is 415 g/mol. The smallest absolute Gasteiger partial charge is 0.327 e. The largest absolute Gasteiger partial charge is 0.445 e. The van der Waals surface area contributed by atoms with Crippen molar-refractivity contribution in [2.45, 2.75) is 11.8 Å². The fourth-order valence-electron chi connectivity index (χ4n) is 2.41. The summed E-state index contributed by atoms with van der Waals surface area (Å²) in [6.45, 7) is 1.85. The molecule has 3 aromatic rings. The average Bonchev–Trinajstić information content (AvgIpc) is 3.13. The highest BCUT2D eigenvalue weighted by Crippen LogP contribution is 2.31. The van der Waals surface area contributed by atoms with Gasteiger partial charge in [-0.3, -0.25) is 10.2 Å². The van der Waals surface area contributed by atoms with Crippen LogP contribution in [0.25, 0.3) is 0 Å². The van der Waals surface area contributed by atoms with Gasteiger partial charge in [0.05, 0.1) is 11.1 Å². The molecule has 0 aliphatic carbocycles. The van der Waals surface area contributed by atoms with E-state index in [0.29, 0.717) is 26.5 Å². The summed E-state index contributed by atoms with van der Waals surface area (Å²) in [6, 6.07) is 10.6. The van der Waals surface area contributed by atoms with Gasteiger partial charge in [0.25, 0.3) is 0 Å². The standard InChI is InChI=1S/C19H19FN4O3S2/c1-12-7-8-14(10-16(12)29(26)21-2)24(3)19(25)23-18-22-11-17(28-18)27-15-6-4-5-13(20)9-15/h4-11,21H,1-3H3,(H,22,23,25). The molecular formula is C19H19FN4O3S2. The van der Waals surface area contributed by atoms with Gasteiger partial charge < -0.3 is 4.74 Å². The van der Waals surface area contributed by atoms with Gasteiger partial charge in [-0.1, -0.05) is 23.5 Å². The van der Waals surface area contributed by atoms with Crippen LogP contribution < -0.4 is 19.7 Å². The Morgan fingerprint density at radius 3 is 2.79 bits per heavy atom. The van der Waals surface area contributed by atoms with Gasteiger partial charge in [0, 0.05) is 18.8 Å². The minimum atomic E-state index is -1.36. The third-order valence-corrected chi connectivity index (χ3v) is 5.96. The molecule has 1 aromatic heterocycles. The van der Waals surface area contributed by atoms with Crippen LogP contribution in [-0.4, -0.2) is 29.3 Å². The van der Waals surface area contributed by atoms with Crippen LogP contribution in [0.5, 0.6) is 10.8 Å². The zero-order valence-electron chi connectivity index (χ0n) is 15.9. The van der Waals surface area contributed by atoms with Crippen molar-refractivity contribution in [3.8, 4) is 10.8 Å². The van der Waals surface area contributed by atoms with Crippen LogP contribution in [0.2, 0.25) is 0 Å². The Morgan fingerprint density at radius 1 is 1.28 bits per heavy atom. The normalized spacial score (nSPS) is 11.7. The van der Waals surface area contributed by atoms with Crippen molar-refractivity contribution in [1.29, 1.82) is 0 Å². The van der Waals surface area contributed by atoms with Crippen molar-refractivity contribution in [1.82, 2.24) is 9.71 Å². The quantitative estimate of drug-likeness (QED) is 0.606. The SMILES string of the molecule is CNS(=O)c1cc(N(C)C(=O)Nc2ncc(Oc3cccc(F)c3)s2)ccc1C. The molecule has 7 nitrogen and oxygen atoms in total. The summed E-state index contributed by atoms with van der Waals surface area (Å²) in [7, 11) is 1.84. The maximum atomic E-state index is 13.2. The van der Waals surface area contributed by atoms with Crippen molar-refractivity contribution in [3.63, 3.8) is 0 Å². The first kappa shape index (κ1) is 20.9. The zero-order chi connectivity index (χ0) is 21.0. The summed E-state index contributed by atoms with van der Waals surface area (Å²) in [6.07, 6.45) is 1.45. The highest BCUT2D eigenvalue weighted by atomic mass is 32.2. The lowest BCUT2D eigenvalue weighted by atomic mass is 10.2. The monoisotopic (exact) mass is 434 g/mol. The molecule has 10 heteroatoms. The van der Waals surface area contributed by atoms with E-state index in [1.165, 1.54) is 23.2 Å². The van der Waals surface area contributed by atoms with Crippen LogP contribution in [0.15, 0.2) is 53.6 Å². The molecule has 0 spiro atoms. The number of nitrogens with zero attached hydrogens (tertiary/aromatic N) is 2. The number of ether oxygens (including phenoxy) is 1. The van der Waals surface area contributed by atoms with E-state index in [1.807, 2.05) is 6.92 Å². The number of carbonyl (C=O) groups excluding carboxylic acids is 1. The molecule has 3 rings (SSSR count). The lowest BCUT2D eigenvalue weighted by molar-refractivity contribution is 0.258. The first-order valence-corrected chi connectivity index (χ1v) is 10.5. The minimum absolute atomic E-state index is 0.333. The van der Waals surface area contributed by atoms with Crippen molar-refractivity contribution >= 4 is 39.2 Å². The van der Waals surface area contributed by atoms with E-state index in [1.54, 1.807) is 44.4 Å². The first-order valence-electron chi connectivity index (χ1n) is 8.51. The number of urea groups is 1. The molecule has 0 saturated carbocycles. The van der Waals surface area contributed by atoms with Gasteiger partial charge in [-0.25, -0.2) is 23.1 Å². The predicted molar refractivity (Wildman–Crippen MR) is 113 cm³/mol. The van der Waals surface area contributed by atoms with Crippen molar-refractivity contribution < 1.29 is 18.1 Å². The number of nitrogens with one attached hydrogen (secondary N) is 2. The van der Waals surface area contributed by atoms with Crippen LogP contribution in [-0.2, 0) is 11.0 Å². The molecule has 2 N–H and O–H groups in total. The third kappa shape index (κ3) is 5.17. The van der Waals surface area contributed by atoms with Crippen LogP contribution in [0.3, 0.4) is 0 Å². The van der Waals surface area contributed by atoms with Gasteiger partial charge in [0.2, 0.25) is 5.06 Å². The summed E-state index contributed by atoms with van der Waals surface area (Å²) in [5.41, 5.74) is 1.44. The second-order valence-electron chi connectivity index (χ2n) is 5.96. The number of amides is 2. The number of rotatable bonds is 6. The van der Waals surface area contributed by atoms with E-state index in [9.17, 15) is 13.4 Å². The summed E-state index contributed by atoms with van der Waals surface area (Å²) in [4.78, 5) is 18.7. The Hall–Kier alpha value is -2.82. The summed E-state index contributed by atoms with van der Waals surface area (Å²) >= 11 is 1.12. The molecule has 2 amide bonds. The molecule has 0 aliphatic heterocycles. The number of anilines is 2. The molecule has 0 aliphatic rings. The van der Waals surface area contributed by atoms with Crippen LogP contribution in [0, 0.1) is 12.7 Å². The van der Waals surface area contributed by atoms with Crippen LogP contribution in [0.4, 0.5) is 20.0 Å². The van der Waals surface area contributed by atoms with Crippen molar-refractivity contribution in [2.75, 3.05) is 24.3 Å². The Morgan fingerprint density at radius 2 is 2.07 bits per heavy atom. The maximum Gasteiger partial charge on any atom is 0.327 e. The van der Waals surface area contributed by atoms with Crippen LogP contribution in [0.1, 0.15) is 5.56 Å². The van der Waals surface area contributed by atoms with Crippen molar-refractivity contribution in [3.05, 3.63) is 60.0 Å². The Bertz CT molecular complexity index is 1060. The molecule has 29 heavy (non-hydrogen) atoms. The second kappa shape index (κ2) is 9.12. The Labute approximate surface area is 174 Å². The number of aryl methyl sites for hydroxylation is 1. The fourth-order valence-corrected chi connectivity index (χ4v) is 3.90. The number of halogens is 1. The predicted octanol–water partition coefficient (Wildman–Crippen LogP) is 4.29. The number of benzene rings is 2. The van der Waals surface area contributed by atoms with Gasteiger partial charge >= 0.3 is 6.03 Å². The van der Waals surface area contributed by atoms with Crippen LogP contribution >= 0.6 is 11.3 Å². The van der Waals surface area contributed by atoms with Gasteiger partial charge in [-0.05, 0) is 43.8 Å². The van der Waals surface area contributed by atoms with Gasteiger partial charge in [0.1, 0.15) is 22.6 Å². The number of aromatic nitrogens is 1. The molecule has 1 atom stereocenters. The van der Waals surface area contributed by atoms with Gasteiger partial charge in [0.15, 0.2) is 5.13 Å². The van der Waals surface area contributed by atoms with E-state index in [4.69, 9.17) is 4.74 Å². The maximum absolute atomic E-state index is 13.2. The molecule has 152 valence electrons. The third-order valence-electron chi connectivity index (χ3n) is 3.96. The molecule has 2 aromatic carbocycles. The molecule has 0 bridgehead atoms. The van der Waals surface area contributed by atoms with Gasteiger partial charge in [-0.15, -0.1) is 0 Å². The zero-order valence-corrected chi connectivity index (χ0v) is 17.6.